The lowest BCUT2D eigenvalue weighted by atomic mass is 9.86. The third-order valence-electron chi connectivity index (χ3n) is 7.94. The van der Waals surface area contributed by atoms with E-state index in [-0.39, 0.29) is 5.82 Å². The maximum Gasteiger partial charge on any atom is 0.131 e. The summed E-state index contributed by atoms with van der Waals surface area (Å²) in [6, 6.07) is 13.4. The molecule has 5 rings (SSSR count). The van der Waals surface area contributed by atoms with Crippen LogP contribution in [0.15, 0.2) is 95.1 Å². The molecule has 0 atom stereocenters. The molecule has 3 aliphatic rings. The molecule has 1 saturated carbocycles. The predicted octanol–water partition coefficient (Wildman–Crippen LogP) is 8.51. The first-order valence-corrected chi connectivity index (χ1v) is 14.7. The fraction of sp³-hybridized carbons (Fsp3) is 0.353. The standard InChI is InChI=1S/C34H39ClFN3/c1-4-5-11-31(29-13-7-6-12-28(29)30-15-14-24(2)22-32(30)36)34(35)39-19-16-27(23-25(39)3)33(26-9-8-10-26)38-20-17-37-18-21-38/h6-7,12-16,19,22-23,37H,3-5,8-11,17-18,20-21H2,1-2H3/b34-31+. The molecule has 0 amide bonds. The Bertz CT molecular complexity index is 1350. The lowest BCUT2D eigenvalue weighted by Crippen LogP contribution is -2.44. The minimum atomic E-state index is -0.215. The topological polar surface area (TPSA) is 18.5 Å². The van der Waals surface area contributed by atoms with Crippen molar-refractivity contribution in [3.63, 3.8) is 0 Å². The number of allylic oxidation sites excluding steroid dienone is 4. The Balaban J connectivity index is 1.51. The molecule has 39 heavy (non-hydrogen) atoms. The minimum Gasteiger partial charge on any atom is -0.369 e. The normalized spacial score (nSPS) is 18.1. The van der Waals surface area contributed by atoms with Crippen molar-refractivity contribution in [2.75, 3.05) is 26.2 Å². The molecule has 2 fully saturated rings. The van der Waals surface area contributed by atoms with Crippen molar-refractivity contribution >= 4 is 17.2 Å². The molecule has 5 heteroatoms. The molecule has 2 aromatic rings. The molecule has 0 unspecified atom stereocenters. The molecule has 0 aromatic heterocycles. The minimum absolute atomic E-state index is 0.215. The largest absolute Gasteiger partial charge is 0.369 e. The van der Waals surface area contributed by atoms with Crippen LogP contribution >= 0.6 is 11.6 Å². The summed E-state index contributed by atoms with van der Waals surface area (Å²) in [6.07, 6.45) is 12.9. The number of aryl methyl sites for hydroxylation is 1. The van der Waals surface area contributed by atoms with Crippen LogP contribution in [0, 0.1) is 12.7 Å². The van der Waals surface area contributed by atoms with Gasteiger partial charge in [-0.3, -0.25) is 0 Å². The van der Waals surface area contributed by atoms with Gasteiger partial charge >= 0.3 is 0 Å². The van der Waals surface area contributed by atoms with Gasteiger partial charge in [0.05, 0.1) is 0 Å². The molecule has 1 N–H and O–H groups in total. The highest BCUT2D eigenvalue weighted by atomic mass is 35.5. The second-order valence-corrected chi connectivity index (χ2v) is 11.1. The van der Waals surface area contributed by atoms with Crippen LogP contribution in [0.2, 0.25) is 0 Å². The van der Waals surface area contributed by atoms with Crippen LogP contribution in [-0.4, -0.2) is 36.0 Å². The fourth-order valence-corrected chi connectivity index (χ4v) is 6.00. The van der Waals surface area contributed by atoms with Crippen molar-refractivity contribution < 1.29 is 4.39 Å². The fourth-order valence-electron chi connectivity index (χ4n) is 5.64. The summed E-state index contributed by atoms with van der Waals surface area (Å²) >= 11 is 7.23. The molecular formula is C34H39ClFN3. The quantitative estimate of drug-likeness (QED) is 0.337. The Kier molecular flexibility index (Phi) is 8.74. The highest BCUT2D eigenvalue weighted by Crippen LogP contribution is 2.40. The second-order valence-electron chi connectivity index (χ2n) is 10.7. The van der Waals surface area contributed by atoms with Gasteiger partial charge in [0, 0.05) is 54.9 Å². The number of nitrogens with one attached hydrogen (secondary N) is 1. The number of benzene rings is 2. The Hall–Kier alpha value is -3.08. The van der Waals surface area contributed by atoms with Crippen LogP contribution in [-0.2, 0) is 0 Å². The van der Waals surface area contributed by atoms with E-state index in [2.05, 4.69) is 48.1 Å². The average molecular weight is 544 g/mol. The Morgan fingerprint density at radius 3 is 2.51 bits per heavy atom. The molecule has 0 bridgehead atoms. The lowest BCUT2D eigenvalue weighted by Gasteiger charge is -2.37. The smallest absolute Gasteiger partial charge is 0.131 e. The summed E-state index contributed by atoms with van der Waals surface area (Å²) in [6.45, 7) is 12.6. The zero-order valence-corrected chi connectivity index (χ0v) is 24.0. The maximum absolute atomic E-state index is 15.1. The number of rotatable bonds is 8. The molecule has 3 nitrogen and oxygen atoms in total. The molecule has 1 aliphatic carbocycles. The monoisotopic (exact) mass is 543 g/mol. The zero-order chi connectivity index (χ0) is 27.4. The van der Waals surface area contributed by atoms with Crippen LogP contribution in [0.1, 0.15) is 56.6 Å². The summed E-state index contributed by atoms with van der Waals surface area (Å²) < 4.78 is 15.1. The van der Waals surface area contributed by atoms with E-state index < -0.39 is 0 Å². The van der Waals surface area contributed by atoms with Gasteiger partial charge in [-0.25, -0.2) is 4.39 Å². The van der Waals surface area contributed by atoms with Crippen molar-refractivity contribution in [1.29, 1.82) is 0 Å². The number of nitrogens with zero attached hydrogens (tertiary/aromatic N) is 2. The van der Waals surface area contributed by atoms with Crippen LogP contribution in [0.5, 0.6) is 0 Å². The number of hydrogen-bond acceptors (Lipinski definition) is 3. The van der Waals surface area contributed by atoms with Gasteiger partial charge in [-0.05, 0) is 85.1 Å². The summed E-state index contributed by atoms with van der Waals surface area (Å²) in [5, 5.41) is 4.10. The summed E-state index contributed by atoms with van der Waals surface area (Å²) in [4.78, 5) is 4.51. The van der Waals surface area contributed by atoms with E-state index in [1.807, 2.05) is 42.2 Å². The molecule has 1 saturated heterocycles. The first-order chi connectivity index (χ1) is 19.0. The third kappa shape index (κ3) is 5.92. The van der Waals surface area contributed by atoms with Crippen molar-refractivity contribution in [3.8, 4) is 11.1 Å². The number of halogens is 2. The van der Waals surface area contributed by atoms with Gasteiger partial charge in [0.1, 0.15) is 11.0 Å². The Labute approximate surface area is 238 Å². The predicted molar refractivity (Wildman–Crippen MR) is 162 cm³/mol. The highest BCUT2D eigenvalue weighted by Gasteiger charge is 2.26. The molecule has 2 heterocycles. The van der Waals surface area contributed by atoms with Crippen molar-refractivity contribution in [2.24, 2.45) is 0 Å². The van der Waals surface area contributed by atoms with Gasteiger partial charge in [0.2, 0.25) is 0 Å². The average Bonchev–Trinajstić information content (AvgIpc) is 2.91. The van der Waals surface area contributed by atoms with Gasteiger partial charge in [-0.2, -0.15) is 0 Å². The molecular weight excluding hydrogens is 505 g/mol. The van der Waals surface area contributed by atoms with E-state index in [0.29, 0.717) is 10.7 Å². The number of hydrogen-bond donors (Lipinski definition) is 1. The molecule has 204 valence electrons. The second kappa shape index (κ2) is 12.4. The Morgan fingerprint density at radius 1 is 1.08 bits per heavy atom. The van der Waals surface area contributed by atoms with Gasteiger partial charge in [0.15, 0.2) is 0 Å². The summed E-state index contributed by atoms with van der Waals surface area (Å²) in [5.41, 5.74) is 9.33. The van der Waals surface area contributed by atoms with Crippen LogP contribution in [0.3, 0.4) is 0 Å². The van der Waals surface area contributed by atoms with Crippen LogP contribution in [0.4, 0.5) is 4.39 Å². The van der Waals surface area contributed by atoms with Gasteiger partial charge < -0.3 is 15.1 Å². The lowest BCUT2D eigenvalue weighted by molar-refractivity contribution is 0.297. The molecule has 0 radical (unpaired) electrons. The first-order valence-electron chi connectivity index (χ1n) is 14.3. The SMILES string of the molecule is C=C1C=C(C(=C2CCC2)N2CCNCC2)C=CN1/C(Cl)=C(\CCCC)c1ccccc1-c1ccc(C)cc1F. The highest BCUT2D eigenvalue weighted by molar-refractivity contribution is 6.32. The van der Waals surface area contributed by atoms with Crippen molar-refractivity contribution in [3.05, 3.63) is 112 Å². The molecule has 2 aromatic carbocycles. The van der Waals surface area contributed by atoms with E-state index in [0.717, 1.165) is 73.4 Å². The van der Waals surface area contributed by atoms with Crippen LogP contribution < -0.4 is 5.32 Å². The number of piperazine rings is 1. The van der Waals surface area contributed by atoms with E-state index in [9.17, 15) is 0 Å². The first kappa shape index (κ1) is 27.5. The van der Waals surface area contributed by atoms with E-state index in [4.69, 9.17) is 11.6 Å². The maximum atomic E-state index is 15.1. The third-order valence-corrected chi connectivity index (χ3v) is 8.35. The van der Waals surface area contributed by atoms with Gasteiger partial charge in [-0.15, -0.1) is 0 Å². The Morgan fingerprint density at radius 2 is 1.85 bits per heavy atom. The van der Waals surface area contributed by atoms with Gasteiger partial charge in [-0.1, -0.05) is 67.9 Å². The van der Waals surface area contributed by atoms with E-state index in [1.165, 1.54) is 30.5 Å². The van der Waals surface area contributed by atoms with Crippen molar-refractivity contribution in [1.82, 2.24) is 15.1 Å². The number of unbranched alkanes of at least 4 members (excludes halogenated alkanes) is 1. The summed E-state index contributed by atoms with van der Waals surface area (Å²) in [5.74, 6) is -0.215. The zero-order valence-electron chi connectivity index (χ0n) is 23.2. The summed E-state index contributed by atoms with van der Waals surface area (Å²) in [7, 11) is 0. The van der Waals surface area contributed by atoms with Gasteiger partial charge in [0.25, 0.3) is 0 Å². The van der Waals surface area contributed by atoms with E-state index in [1.54, 1.807) is 11.6 Å². The van der Waals surface area contributed by atoms with E-state index >= 15 is 4.39 Å². The van der Waals surface area contributed by atoms with Crippen LogP contribution in [0.25, 0.3) is 16.7 Å². The molecule has 2 aliphatic heterocycles. The van der Waals surface area contributed by atoms with Crippen molar-refractivity contribution in [2.45, 2.75) is 52.4 Å². The molecule has 0 spiro atoms.